The smallest absolute Gasteiger partial charge is 0.236 e. The maximum absolute atomic E-state index is 12.0. The number of thioether (sulfide) groups is 1. The fourth-order valence-corrected chi connectivity index (χ4v) is 3.76. The Hall–Kier alpha value is -2.23. The average Bonchev–Trinajstić information content (AvgIpc) is 3.11. The van der Waals surface area contributed by atoms with Gasteiger partial charge in [0.1, 0.15) is 0 Å². The number of halogens is 1. The molecule has 0 saturated carbocycles. The van der Waals surface area contributed by atoms with E-state index in [0.717, 1.165) is 21.6 Å². The van der Waals surface area contributed by atoms with E-state index in [9.17, 15) is 9.59 Å². The fourth-order valence-electron chi connectivity index (χ4n) is 2.13. The number of carbonyl (C=O) groups is 2. The summed E-state index contributed by atoms with van der Waals surface area (Å²) in [5, 5.41) is 5.94. The number of hydrogen-bond acceptors (Lipinski definition) is 6. The Bertz CT molecular complexity index is 934. The van der Waals surface area contributed by atoms with Crippen molar-refractivity contribution in [2.45, 2.75) is 0 Å². The van der Waals surface area contributed by atoms with Crippen molar-refractivity contribution in [2.24, 2.45) is 0 Å². The summed E-state index contributed by atoms with van der Waals surface area (Å²) in [6.45, 7) is 0. The van der Waals surface area contributed by atoms with Gasteiger partial charge in [0.15, 0.2) is 5.82 Å². The molecule has 3 rings (SSSR count). The van der Waals surface area contributed by atoms with Crippen LogP contribution in [0.15, 0.2) is 59.1 Å². The van der Waals surface area contributed by atoms with Crippen LogP contribution in [0.3, 0.4) is 0 Å². The Morgan fingerprint density at radius 2 is 1.74 bits per heavy atom. The number of rotatable bonds is 7. The first-order valence-corrected chi connectivity index (χ1v) is 10.6. The minimum absolute atomic E-state index is 0.159. The van der Waals surface area contributed by atoms with Gasteiger partial charge in [-0.3, -0.25) is 14.9 Å². The molecule has 0 atom stereocenters. The predicted molar refractivity (Wildman–Crippen MR) is 114 cm³/mol. The summed E-state index contributed by atoms with van der Waals surface area (Å²) in [4.78, 5) is 28.2. The molecule has 3 aromatic rings. The highest BCUT2D eigenvalue weighted by Crippen LogP contribution is 2.21. The lowest BCUT2D eigenvalue weighted by atomic mass is 10.2. The lowest BCUT2D eigenvalue weighted by Gasteiger charge is -2.05. The van der Waals surface area contributed by atoms with Gasteiger partial charge in [-0.25, -0.2) is 0 Å². The van der Waals surface area contributed by atoms with Gasteiger partial charge in [0, 0.05) is 27.3 Å². The van der Waals surface area contributed by atoms with Gasteiger partial charge in [0.2, 0.25) is 16.9 Å². The van der Waals surface area contributed by atoms with Crippen molar-refractivity contribution < 1.29 is 9.59 Å². The van der Waals surface area contributed by atoms with Crippen molar-refractivity contribution in [3.05, 3.63) is 59.1 Å². The summed E-state index contributed by atoms with van der Waals surface area (Å²) in [7, 11) is 0. The van der Waals surface area contributed by atoms with Gasteiger partial charge in [-0.2, -0.15) is 9.36 Å². The molecule has 6 nitrogen and oxygen atoms in total. The molecule has 0 saturated heterocycles. The molecule has 0 spiro atoms. The van der Waals surface area contributed by atoms with Crippen LogP contribution < -0.4 is 10.6 Å². The second-order valence-electron chi connectivity index (χ2n) is 5.39. The average molecular weight is 463 g/mol. The summed E-state index contributed by atoms with van der Waals surface area (Å²) >= 11 is 5.72. The number of aromatic nitrogens is 2. The van der Waals surface area contributed by atoms with Gasteiger partial charge in [-0.05, 0) is 18.2 Å². The van der Waals surface area contributed by atoms with Gasteiger partial charge >= 0.3 is 0 Å². The molecular weight excluding hydrogens is 448 g/mol. The summed E-state index contributed by atoms with van der Waals surface area (Å²) in [6.07, 6.45) is 0. The van der Waals surface area contributed by atoms with Gasteiger partial charge < -0.3 is 5.32 Å². The monoisotopic (exact) mass is 462 g/mol. The van der Waals surface area contributed by atoms with E-state index < -0.39 is 0 Å². The molecule has 27 heavy (non-hydrogen) atoms. The topological polar surface area (TPSA) is 84.0 Å². The maximum Gasteiger partial charge on any atom is 0.236 e. The molecule has 0 radical (unpaired) electrons. The summed E-state index contributed by atoms with van der Waals surface area (Å²) in [6, 6.07) is 16.9. The molecule has 9 heteroatoms. The van der Waals surface area contributed by atoms with E-state index in [1.165, 1.54) is 11.8 Å². The highest BCUT2D eigenvalue weighted by Gasteiger charge is 2.10. The summed E-state index contributed by atoms with van der Waals surface area (Å²) < 4.78 is 5.13. The Labute approximate surface area is 173 Å². The van der Waals surface area contributed by atoms with Crippen LogP contribution in [0, 0.1) is 0 Å². The van der Waals surface area contributed by atoms with Crippen LogP contribution in [0.1, 0.15) is 0 Å². The minimum atomic E-state index is -0.217. The lowest BCUT2D eigenvalue weighted by Crippen LogP contribution is -2.18. The molecule has 0 unspecified atom stereocenters. The fraction of sp³-hybridized carbons (Fsp3) is 0.111. The van der Waals surface area contributed by atoms with Gasteiger partial charge in [0.25, 0.3) is 0 Å². The molecule has 2 N–H and O–H groups in total. The minimum Gasteiger partial charge on any atom is -0.325 e. The quantitative estimate of drug-likeness (QED) is 0.547. The maximum atomic E-state index is 12.0. The van der Waals surface area contributed by atoms with Gasteiger partial charge in [0.05, 0.1) is 11.5 Å². The second-order valence-corrected chi connectivity index (χ2v) is 8.04. The van der Waals surface area contributed by atoms with E-state index in [4.69, 9.17) is 0 Å². The normalized spacial score (nSPS) is 10.4. The van der Waals surface area contributed by atoms with Crippen LogP contribution >= 0.6 is 39.2 Å². The van der Waals surface area contributed by atoms with Crippen LogP contribution in [0.5, 0.6) is 0 Å². The zero-order chi connectivity index (χ0) is 19.1. The molecule has 0 aliphatic carbocycles. The lowest BCUT2D eigenvalue weighted by molar-refractivity contribution is -0.114. The molecule has 0 aliphatic rings. The molecule has 2 aromatic carbocycles. The van der Waals surface area contributed by atoms with E-state index in [0.29, 0.717) is 16.6 Å². The molecule has 0 bridgehead atoms. The third-order valence-corrected chi connectivity index (χ3v) is 5.34. The summed E-state index contributed by atoms with van der Waals surface area (Å²) in [5.74, 6) is 0.549. The molecule has 0 fully saturated rings. The van der Waals surface area contributed by atoms with Crippen molar-refractivity contribution >= 4 is 61.9 Å². The first-order chi connectivity index (χ1) is 13.1. The van der Waals surface area contributed by atoms with Crippen molar-refractivity contribution in [3.63, 3.8) is 0 Å². The van der Waals surface area contributed by atoms with Crippen molar-refractivity contribution in [2.75, 3.05) is 22.1 Å². The van der Waals surface area contributed by atoms with Crippen molar-refractivity contribution in [1.29, 1.82) is 0 Å². The number of anilines is 2. The second kappa shape index (κ2) is 9.63. The Morgan fingerprint density at radius 1 is 1.00 bits per heavy atom. The molecular formula is C18H15BrN4O2S2. The first kappa shape index (κ1) is 19.5. The molecule has 138 valence electrons. The highest BCUT2D eigenvalue weighted by atomic mass is 79.9. The van der Waals surface area contributed by atoms with Crippen LogP contribution in [0.25, 0.3) is 11.4 Å². The Balaban J connectivity index is 1.42. The van der Waals surface area contributed by atoms with Crippen molar-refractivity contribution in [3.8, 4) is 11.4 Å². The Morgan fingerprint density at radius 3 is 2.48 bits per heavy atom. The Kier molecular flexibility index (Phi) is 6.97. The van der Waals surface area contributed by atoms with E-state index in [1.807, 2.05) is 48.5 Å². The van der Waals surface area contributed by atoms with Crippen LogP contribution in [0.4, 0.5) is 10.8 Å². The number of nitrogens with zero attached hydrogens (tertiary/aromatic N) is 2. The zero-order valence-corrected chi connectivity index (χ0v) is 17.2. The highest BCUT2D eigenvalue weighted by molar-refractivity contribution is 9.10. The standard InChI is InChI=1S/C18H15BrN4O2S2/c19-13-7-4-8-14(9-13)20-15(24)10-26-11-16(25)21-18-22-17(23-27-18)12-5-2-1-3-6-12/h1-9H,10-11H2,(H,20,24)(H,21,22,23,25). The number of amides is 2. The number of hydrogen-bond donors (Lipinski definition) is 2. The van der Waals surface area contributed by atoms with Crippen LogP contribution in [0.2, 0.25) is 0 Å². The van der Waals surface area contributed by atoms with Crippen molar-refractivity contribution in [1.82, 2.24) is 9.36 Å². The first-order valence-electron chi connectivity index (χ1n) is 7.92. The third-order valence-electron chi connectivity index (χ3n) is 3.28. The molecule has 1 heterocycles. The summed E-state index contributed by atoms with van der Waals surface area (Å²) in [5.41, 5.74) is 1.61. The SMILES string of the molecule is O=C(CSCC(=O)Nc1nc(-c2ccccc2)ns1)Nc1cccc(Br)c1. The van der Waals surface area contributed by atoms with Crippen LogP contribution in [-0.4, -0.2) is 32.7 Å². The number of benzene rings is 2. The van der Waals surface area contributed by atoms with E-state index in [-0.39, 0.29) is 23.3 Å². The molecule has 1 aromatic heterocycles. The van der Waals surface area contributed by atoms with Gasteiger partial charge in [-0.1, -0.05) is 52.3 Å². The van der Waals surface area contributed by atoms with E-state index >= 15 is 0 Å². The molecule has 2 amide bonds. The zero-order valence-electron chi connectivity index (χ0n) is 14.0. The third kappa shape index (κ3) is 6.16. The molecule has 0 aliphatic heterocycles. The predicted octanol–water partition coefficient (Wildman–Crippen LogP) is 4.28. The van der Waals surface area contributed by atoms with Crippen LogP contribution in [-0.2, 0) is 9.59 Å². The number of carbonyl (C=O) groups excluding carboxylic acids is 2. The largest absolute Gasteiger partial charge is 0.325 e. The van der Waals surface area contributed by atoms with E-state index in [2.05, 4.69) is 35.9 Å². The van der Waals surface area contributed by atoms with E-state index in [1.54, 1.807) is 6.07 Å². The number of nitrogens with one attached hydrogen (secondary N) is 2. The van der Waals surface area contributed by atoms with Gasteiger partial charge in [-0.15, -0.1) is 11.8 Å².